The first-order valence-electron chi connectivity index (χ1n) is 15.1. The predicted molar refractivity (Wildman–Crippen MR) is 147 cm³/mol. The number of benzene rings is 1. The van der Waals surface area contributed by atoms with Crippen LogP contribution in [0.25, 0.3) is 10.8 Å². The van der Waals surface area contributed by atoms with Crippen LogP contribution in [0.5, 0.6) is 0 Å². The number of rotatable bonds is 2. The summed E-state index contributed by atoms with van der Waals surface area (Å²) in [6.07, 6.45) is 13.0. The number of pyridine rings is 1. The van der Waals surface area contributed by atoms with Crippen LogP contribution in [0.3, 0.4) is 0 Å². The van der Waals surface area contributed by atoms with Gasteiger partial charge in [0.2, 0.25) is 0 Å². The molecule has 1 aromatic carbocycles. The van der Waals surface area contributed by atoms with E-state index in [0.29, 0.717) is 31.0 Å². The number of hydrogen-bond donors (Lipinski definition) is 3. The fourth-order valence-electron chi connectivity index (χ4n) is 10.5. The lowest BCUT2D eigenvalue weighted by atomic mass is 9.58. The molecular formula is C33H38N2O4. The summed E-state index contributed by atoms with van der Waals surface area (Å²) in [5, 5.41) is 34.5. The molecular weight excluding hydrogens is 488 g/mol. The van der Waals surface area contributed by atoms with E-state index < -0.39 is 18.3 Å². The third-order valence-corrected chi connectivity index (χ3v) is 12.3. The minimum Gasteiger partial charge on any atom is -0.392 e. The first-order chi connectivity index (χ1) is 18.8. The molecule has 1 aromatic heterocycles. The molecule has 6 nitrogen and oxygen atoms in total. The van der Waals surface area contributed by atoms with E-state index in [0.717, 1.165) is 37.5 Å². The second-order valence-corrected chi connectivity index (χ2v) is 14.1. The number of aliphatic hydroxyl groups is 3. The topological polar surface area (TPSA) is 86.1 Å². The van der Waals surface area contributed by atoms with Crippen LogP contribution >= 0.6 is 0 Å². The van der Waals surface area contributed by atoms with Crippen LogP contribution < -0.4 is 0 Å². The quantitative estimate of drug-likeness (QED) is 0.553. The van der Waals surface area contributed by atoms with E-state index >= 15 is 0 Å². The van der Waals surface area contributed by atoms with Gasteiger partial charge in [0.15, 0.2) is 0 Å². The smallest absolute Gasteiger partial charge is 0.0975 e. The summed E-state index contributed by atoms with van der Waals surface area (Å²) in [6, 6.07) is 9.05. The lowest BCUT2D eigenvalue weighted by Crippen LogP contribution is -2.56. The maximum Gasteiger partial charge on any atom is 0.0975 e. The van der Waals surface area contributed by atoms with Gasteiger partial charge in [0, 0.05) is 48.7 Å². The third-order valence-electron chi connectivity index (χ3n) is 12.3. The largest absolute Gasteiger partial charge is 0.392 e. The van der Waals surface area contributed by atoms with E-state index in [4.69, 9.17) is 4.74 Å². The lowest BCUT2D eigenvalue weighted by Gasteiger charge is -2.54. The summed E-state index contributed by atoms with van der Waals surface area (Å²) in [5.41, 5.74) is 3.44. The number of hydrogen-bond acceptors (Lipinski definition) is 6. The van der Waals surface area contributed by atoms with Crippen molar-refractivity contribution in [3.63, 3.8) is 0 Å². The van der Waals surface area contributed by atoms with Gasteiger partial charge in [-0.1, -0.05) is 31.2 Å². The number of β-amino-alcohol motifs (C(OH)–C–C–N with tert-alkyl or cyclic N) is 2. The van der Waals surface area contributed by atoms with Gasteiger partial charge in [-0.15, -0.1) is 0 Å². The van der Waals surface area contributed by atoms with Crippen LogP contribution in [-0.2, 0) is 4.74 Å². The Hall–Kier alpha value is -2.09. The van der Waals surface area contributed by atoms with Crippen molar-refractivity contribution < 1.29 is 20.1 Å². The second kappa shape index (κ2) is 7.59. The number of aliphatic hydroxyl groups excluding tert-OH is 3. The van der Waals surface area contributed by atoms with Crippen LogP contribution in [0.2, 0.25) is 0 Å². The van der Waals surface area contributed by atoms with Gasteiger partial charge in [-0.05, 0) is 90.0 Å². The predicted octanol–water partition coefficient (Wildman–Crippen LogP) is 3.71. The van der Waals surface area contributed by atoms with Crippen LogP contribution in [0.4, 0.5) is 0 Å². The molecule has 39 heavy (non-hydrogen) atoms. The Morgan fingerprint density at radius 2 is 1.85 bits per heavy atom. The summed E-state index contributed by atoms with van der Waals surface area (Å²) >= 11 is 0. The zero-order valence-electron chi connectivity index (χ0n) is 22.5. The molecule has 2 bridgehead atoms. The van der Waals surface area contributed by atoms with Crippen molar-refractivity contribution in [2.45, 2.75) is 86.9 Å². The van der Waals surface area contributed by atoms with Gasteiger partial charge >= 0.3 is 0 Å². The first kappa shape index (κ1) is 23.6. The Morgan fingerprint density at radius 1 is 1.00 bits per heavy atom. The fraction of sp³-hybridized carbons (Fsp3) is 0.606. The highest BCUT2D eigenvalue weighted by Crippen LogP contribution is 2.72. The Kier molecular flexibility index (Phi) is 4.60. The standard InChI is InChI=1S/C33H38N2O4/c1-31-6-4-21-11-24-22-12-23(22)25(35-16-27(37)28(38)17-35)14-32(24)7-8-33(21,39-32)29(31)13-26(36)30(31)19-3-2-18-5-9-34-15-20(18)10-19/h2-5,9-11,15,22-23,25-30,36-38H,6-8,12-14,16-17H2,1H3/t22-,23+,25-,26+,27-,28-,29+,30?,31-,32+,33?/m0/s1. The molecule has 0 amide bonds. The highest BCUT2D eigenvalue weighted by Gasteiger charge is 2.71. The minimum absolute atomic E-state index is 0.0595. The third kappa shape index (κ3) is 2.97. The van der Waals surface area contributed by atoms with E-state index in [1.807, 2.05) is 18.5 Å². The molecule has 2 unspecified atom stereocenters. The van der Waals surface area contributed by atoms with Crippen molar-refractivity contribution in [1.29, 1.82) is 0 Å². The summed E-state index contributed by atoms with van der Waals surface area (Å²) in [4.78, 5) is 6.69. The summed E-state index contributed by atoms with van der Waals surface area (Å²) in [6.45, 7) is 3.53. The van der Waals surface area contributed by atoms with Crippen LogP contribution in [0.15, 0.2) is 60.0 Å². The monoisotopic (exact) mass is 526 g/mol. The molecule has 9 rings (SSSR count). The van der Waals surface area contributed by atoms with Crippen molar-refractivity contribution in [3.05, 3.63) is 65.5 Å². The van der Waals surface area contributed by atoms with Crippen molar-refractivity contribution in [1.82, 2.24) is 9.88 Å². The summed E-state index contributed by atoms with van der Waals surface area (Å²) in [7, 11) is 0. The number of fused-ring (bicyclic) bond motifs is 4. The van der Waals surface area contributed by atoms with Crippen molar-refractivity contribution in [2.75, 3.05) is 13.1 Å². The molecule has 5 fully saturated rings. The molecule has 6 heteroatoms. The number of nitrogens with zero attached hydrogens (tertiary/aromatic N) is 2. The Balaban J connectivity index is 1.09. The van der Waals surface area contributed by atoms with E-state index in [2.05, 4.69) is 47.2 Å². The van der Waals surface area contributed by atoms with E-state index in [1.54, 1.807) is 0 Å². The van der Waals surface area contributed by atoms with Crippen LogP contribution in [0.1, 0.15) is 56.9 Å². The summed E-state index contributed by atoms with van der Waals surface area (Å²) in [5.74, 6) is 1.50. The molecule has 2 spiro atoms. The lowest BCUT2D eigenvalue weighted by molar-refractivity contribution is -0.141. The van der Waals surface area contributed by atoms with Gasteiger partial charge in [0.1, 0.15) is 0 Å². The molecule has 7 aliphatic rings. The average Bonchev–Trinajstić information content (AvgIpc) is 3.47. The van der Waals surface area contributed by atoms with Crippen molar-refractivity contribution in [2.24, 2.45) is 23.2 Å². The maximum absolute atomic E-state index is 11.7. The Labute approximate surface area is 229 Å². The molecule has 4 aliphatic carbocycles. The zero-order valence-corrected chi connectivity index (χ0v) is 22.5. The fourth-order valence-corrected chi connectivity index (χ4v) is 10.5. The van der Waals surface area contributed by atoms with E-state index in [9.17, 15) is 15.3 Å². The maximum atomic E-state index is 11.7. The number of likely N-dealkylation sites (tertiary alicyclic amines) is 1. The molecule has 2 saturated heterocycles. The Bertz CT molecular complexity index is 1440. The van der Waals surface area contributed by atoms with Crippen molar-refractivity contribution in [3.8, 4) is 0 Å². The first-order valence-corrected chi connectivity index (χ1v) is 15.1. The van der Waals surface area contributed by atoms with Crippen LogP contribution in [0, 0.1) is 23.2 Å². The SMILES string of the molecule is C[C@]12CC=C3C=C4[C@H]5C[C@H]5[C@@H](N5C[C@H](O)[C@@H](O)C5)C[C@]45CCC3(O5)[C@@H]1C[C@@H](O)C2c1ccc2ccncc2c1. The summed E-state index contributed by atoms with van der Waals surface area (Å²) < 4.78 is 7.49. The highest BCUT2D eigenvalue weighted by atomic mass is 16.5. The molecule has 2 aromatic rings. The van der Waals surface area contributed by atoms with Crippen LogP contribution in [-0.4, -0.2) is 73.8 Å². The molecule has 0 radical (unpaired) electrons. The molecule has 3 saturated carbocycles. The van der Waals surface area contributed by atoms with E-state index in [1.165, 1.54) is 28.5 Å². The van der Waals surface area contributed by atoms with Gasteiger partial charge in [-0.25, -0.2) is 0 Å². The molecule has 3 aliphatic heterocycles. The number of ether oxygens (including phenoxy) is 1. The van der Waals surface area contributed by atoms with Gasteiger partial charge < -0.3 is 20.1 Å². The van der Waals surface area contributed by atoms with Gasteiger partial charge in [-0.3, -0.25) is 9.88 Å². The molecule has 4 heterocycles. The highest BCUT2D eigenvalue weighted by molar-refractivity contribution is 5.82. The Morgan fingerprint density at radius 3 is 2.69 bits per heavy atom. The number of aromatic nitrogens is 1. The van der Waals surface area contributed by atoms with Gasteiger partial charge in [-0.2, -0.15) is 0 Å². The normalized spacial score (nSPS) is 49.6. The van der Waals surface area contributed by atoms with Crippen molar-refractivity contribution >= 4 is 10.8 Å². The molecule has 204 valence electrons. The van der Waals surface area contributed by atoms with E-state index in [-0.39, 0.29) is 28.5 Å². The second-order valence-electron chi connectivity index (χ2n) is 14.1. The molecule has 3 N–H and O–H groups in total. The van der Waals surface area contributed by atoms with Gasteiger partial charge in [0.25, 0.3) is 0 Å². The minimum atomic E-state index is -0.643. The number of allylic oxidation sites excluding steroid dienone is 1. The zero-order chi connectivity index (χ0) is 26.3. The molecule has 11 atom stereocenters. The average molecular weight is 527 g/mol. The van der Waals surface area contributed by atoms with Gasteiger partial charge in [0.05, 0.1) is 29.5 Å².